The molecule has 1 aliphatic carbocycles. The number of likely N-dealkylation sites (tertiary alicyclic amines) is 1. The van der Waals surface area contributed by atoms with Crippen LogP contribution in [0.4, 0.5) is 10.5 Å². The van der Waals surface area contributed by atoms with E-state index in [9.17, 15) is 9.59 Å². The third-order valence-corrected chi connectivity index (χ3v) is 5.18. The molecule has 2 aliphatic heterocycles. The molecule has 1 saturated carbocycles. The van der Waals surface area contributed by atoms with Crippen molar-refractivity contribution in [1.29, 1.82) is 0 Å². The summed E-state index contributed by atoms with van der Waals surface area (Å²) in [7, 11) is 3.51. The molecule has 7 heteroatoms. The van der Waals surface area contributed by atoms with Crippen molar-refractivity contribution < 1.29 is 19.1 Å². The first-order valence-corrected chi connectivity index (χ1v) is 8.15. The zero-order valence-electron chi connectivity index (χ0n) is 13.9. The van der Waals surface area contributed by atoms with E-state index in [-0.39, 0.29) is 30.1 Å². The summed E-state index contributed by atoms with van der Waals surface area (Å²) in [6.07, 6.45) is 1.74. The van der Waals surface area contributed by atoms with E-state index < -0.39 is 0 Å². The normalized spacial score (nSPS) is 26.6. The number of fused-ring (bicyclic) bond motifs is 1. The lowest BCUT2D eigenvalue weighted by Gasteiger charge is -2.21. The Morgan fingerprint density at radius 3 is 2.88 bits per heavy atom. The molecule has 3 amide bonds. The topological polar surface area (TPSA) is 71.1 Å². The number of carbonyl (C=O) groups is 2. The van der Waals surface area contributed by atoms with Gasteiger partial charge in [0.05, 0.1) is 0 Å². The molecule has 0 bridgehead atoms. The van der Waals surface area contributed by atoms with Gasteiger partial charge in [0.1, 0.15) is 0 Å². The maximum Gasteiger partial charge on any atom is 0.319 e. The van der Waals surface area contributed by atoms with E-state index in [1.807, 2.05) is 11.0 Å². The van der Waals surface area contributed by atoms with Crippen molar-refractivity contribution >= 4 is 17.6 Å². The lowest BCUT2D eigenvalue weighted by atomic mass is 10.0. The zero-order valence-corrected chi connectivity index (χ0v) is 13.9. The predicted molar refractivity (Wildman–Crippen MR) is 87.0 cm³/mol. The smallest absolute Gasteiger partial charge is 0.319 e. The molecule has 128 valence electrons. The van der Waals surface area contributed by atoms with Crippen molar-refractivity contribution in [1.82, 2.24) is 9.80 Å². The third-order valence-electron chi connectivity index (χ3n) is 5.18. The number of benzene rings is 1. The quantitative estimate of drug-likeness (QED) is 0.896. The average Bonchev–Trinajstić information content (AvgIpc) is 2.89. The summed E-state index contributed by atoms with van der Waals surface area (Å²) < 4.78 is 10.6. The number of rotatable bonds is 2. The van der Waals surface area contributed by atoms with E-state index in [0.717, 1.165) is 19.4 Å². The van der Waals surface area contributed by atoms with Gasteiger partial charge in [-0.2, -0.15) is 0 Å². The molecule has 2 fully saturated rings. The third kappa shape index (κ3) is 2.44. The van der Waals surface area contributed by atoms with Crippen LogP contribution in [0.1, 0.15) is 12.8 Å². The van der Waals surface area contributed by atoms with E-state index in [1.54, 1.807) is 31.1 Å². The monoisotopic (exact) mass is 331 g/mol. The molecule has 3 aliphatic rings. The Hall–Kier alpha value is -2.44. The fraction of sp³-hybridized carbons (Fsp3) is 0.529. The molecule has 1 spiro atoms. The first-order chi connectivity index (χ1) is 11.5. The van der Waals surface area contributed by atoms with Gasteiger partial charge in [-0.25, -0.2) is 4.79 Å². The van der Waals surface area contributed by atoms with Crippen LogP contribution in [-0.2, 0) is 4.79 Å². The first kappa shape index (κ1) is 15.1. The molecule has 0 radical (unpaired) electrons. The summed E-state index contributed by atoms with van der Waals surface area (Å²) in [4.78, 5) is 28.0. The molecule has 0 unspecified atom stereocenters. The number of nitrogens with zero attached hydrogens (tertiary/aromatic N) is 2. The van der Waals surface area contributed by atoms with Gasteiger partial charge in [0.25, 0.3) is 0 Å². The highest BCUT2D eigenvalue weighted by atomic mass is 16.7. The van der Waals surface area contributed by atoms with Crippen molar-refractivity contribution in [3.8, 4) is 11.5 Å². The number of anilines is 1. The van der Waals surface area contributed by atoms with Gasteiger partial charge in [0, 0.05) is 50.3 Å². The largest absolute Gasteiger partial charge is 0.454 e. The average molecular weight is 331 g/mol. The Morgan fingerprint density at radius 2 is 2.08 bits per heavy atom. The summed E-state index contributed by atoms with van der Waals surface area (Å²) in [5.41, 5.74) is 0.678. The van der Waals surface area contributed by atoms with Gasteiger partial charge in [0.2, 0.25) is 12.7 Å². The number of carbonyl (C=O) groups excluding carboxylic acids is 2. The lowest BCUT2D eigenvalue weighted by molar-refractivity contribution is -0.118. The van der Waals surface area contributed by atoms with E-state index in [2.05, 4.69) is 5.32 Å². The summed E-state index contributed by atoms with van der Waals surface area (Å²) >= 11 is 0. The number of hydrogen-bond donors (Lipinski definition) is 1. The Bertz CT molecular complexity index is 705. The second kappa shape index (κ2) is 5.29. The van der Waals surface area contributed by atoms with Gasteiger partial charge in [-0.15, -0.1) is 0 Å². The molecule has 1 aromatic rings. The van der Waals surface area contributed by atoms with Crippen LogP contribution >= 0.6 is 0 Å². The predicted octanol–water partition coefficient (Wildman–Crippen LogP) is 1.75. The molecule has 1 aromatic carbocycles. The summed E-state index contributed by atoms with van der Waals surface area (Å²) in [6.45, 7) is 1.61. The van der Waals surface area contributed by atoms with Crippen LogP contribution in [0.25, 0.3) is 0 Å². The minimum Gasteiger partial charge on any atom is -0.454 e. The van der Waals surface area contributed by atoms with Crippen LogP contribution in [0.5, 0.6) is 11.5 Å². The highest BCUT2D eigenvalue weighted by Gasteiger charge is 2.61. The number of amides is 3. The van der Waals surface area contributed by atoms with Gasteiger partial charge in [-0.3, -0.25) is 4.79 Å². The van der Waals surface area contributed by atoms with E-state index in [4.69, 9.17) is 9.47 Å². The molecule has 1 N–H and O–H groups in total. The first-order valence-electron chi connectivity index (χ1n) is 8.15. The van der Waals surface area contributed by atoms with Crippen LogP contribution < -0.4 is 14.8 Å². The Morgan fingerprint density at radius 1 is 1.29 bits per heavy atom. The minimum atomic E-state index is -0.0356. The van der Waals surface area contributed by atoms with Crippen molar-refractivity contribution in [2.45, 2.75) is 12.8 Å². The Labute approximate surface area is 140 Å². The second-order valence-electron chi connectivity index (χ2n) is 7.02. The molecule has 1 saturated heterocycles. The number of urea groups is 1. The summed E-state index contributed by atoms with van der Waals surface area (Å²) in [6, 6.07) is 5.42. The minimum absolute atomic E-state index is 0.0213. The van der Waals surface area contributed by atoms with Gasteiger partial charge in [-0.1, -0.05) is 0 Å². The molecule has 24 heavy (non-hydrogen) atoms. The van der Waals surface area contributed by atoms with Crippen molar-refractivity contribution in [2.75, 3.05) is 39.3 Å². The highest BCUT2D eigenvalue weighted by molar-refractivity contribution is 5.95. The standard InChI is InChI=1S/C17H21N3O4/c1-19(2)16(22)20-6-5-17(9-20)8-12(17)15(21)18-11-3-4-13-14(7-11)24-10-23-13/h3-4,7,12H,5-6,8-10H2,1-2H3,(H,18,21)/t12-,17+/m0/s1. The number of hydrogen-bond acceptors (Lipinski definition) is 4. The summed E-state index contributed by atoms with van der Waals surface area (Å²) in [5.74, 6) is 1.35. The highest BCUT2D eigenvalue weighted by Crippen LogP contribution is 2.58. The van der Waals surface area contributed by atoms with Crippen LogP contribution in [-0.4, -0.2) is 55.7 Å². The molecule has 4 rings (SSSR count). The number of nitrogens with one attached hydrogen (secondary N) is 1. The SMILES string of the molecule is CN(C)C(=O)N1CC[C@@]2(C[C@H]2C(=O)Nc2ccc3c(c2)OCO3)C1. The van der Waals surface area contributed by atoms with Gasteiger partial charge >= 0.3 is 6.03 Å². The van der Waals surface area contributed by atoms with Crippen molar-refractivity contribution in [2.24, 2.45) is 11.3 Å². The Balaban J connectivity index is 1.38. The fourth-order valence-corrected chi connectivity index (χ4v) is 3.72. The maximum atomic E-state index is 12.5. The lowest BCUT2D eigenvalue weighted by Crippen LogP contribution is -2.38. The fourth-order valence-electron chi connectivity index (χ4n) is 3.72. The molecular weight excluding hydrogens is 310 g/mol. The zero-order chi connectivity index (χ0) is 16.9. The second-order valence-corrected chi connectivity index (χ2v) is 7.02. The van der Waals surface area contributed by atoms with E-state index >= 15 is 0 Å². The van der Waals surface area contributed by atoms with Gasteiger partial charge < -0.3 is 24.6 Å². The van der Waals surface area contributed by atoms with Crippen LogP contribution in [0, 0.1) is 11.3 Å². The number of ether oxygens (including phenoxy) is 2. The van der Waals surface area contributed by atoms with Crippen molar-refractivity contribution in [3.05, 3.63) is 18.2 Å². The van der Waals surface area contributed by atoms with Gasteiger partial charge in [-0.05, 0) is 25.0 Å². The Kier molecular flexibility index (Phi) is 3.33. The van der Waals surface area contributed by atoms with Crippen LogP contribution in [0.15, 0.2) is 18.2 Å². The van der Waals surface area contributed by atoms with E-state index in [1.165, 1.54) is 0 Å². The van der Waals surface area contributed by atoms with Crippen molar-refractivity contribution in [3.63, 3.8) is 0 Å². The molecule has 7 nitrogen and oxygen atoms in total. The molecule has 0 aromatic heterocycles. The van der Waals surface area contributed by atoms with Crippen LogP contribution in [0.3, 0.4) is 0 Å². The molecule has 2 heterocycles. The van der Waals surface area contributed by atoms with Gasteiger partial charge in [0.15, 0.2) is 11.5 Å². The maximum absolute atomic E-state index is 12.5. The van der Waals surface area contributed by atoms with E-state index in [0.29, 0.717) is 23.7 Å². The molecular formula is C17H21N3O4. The van der Waals surface area contributed by atoms with Crippen LogP contribution in [0.2, 0.25) is 0 Å². The molecule has 2 atom stereocenters. The summed E-state index contributed by atoms with van der Waals surface area (Å²) in [5, 5.41) is 2.96.